The molecule has 1 aliphatic rings. The average Bonchev–Trinajstić information content (AvgIpc) is 2.91. The first-order chi connectivity index (χ1) is 8.58. The van der Waals surface area contributed by atoms with Crippen molar-refractivity contribution in [2.45, 2.75) is 13.3 Å². The van der Waals surface area contributed by atoms with Crippen LogP contribution >= 0.6 is 11.3 Å². The van der Waals surface area contributed by atoms with E-state index in [0.717, 1.165) is 5.56 Å². The number of methoxy groups -OCH3 is 1. The number of carbonyl (C=O) groups is 2. The lowest BCUT2D eigenvalue weighted by Gasteiger charge is -2.15. The Kier molecular flexibility index (Phi) is 3.39. The summed E-state index contributed by atoms with van der Waals surface area (Å²) in [6.07, 6.45) is 5.69. The number of aryl methyl sites for hydroxylation is 1. The van der Waals surface area contributed by atoms with Crippen molar-refractivity contribution in [1.29, 1.82) is 0 Å². The summed E-state index contributed by atoms with van der Waals surface area (Å²) in [5, 5.41) is 2.49. The lowest BCUT2D eigenvalue weighted by Crippen LogP contribution is -2.25. The summed E-state index contributed by atoms with van der Waals surface area (Å²) in [5.41, 5.74) is 1.28. The first-order valence-corrected chi connectivity index (χ1v) is 6.39. The Balaban J connectivity index is 2.38. The second-order valence-electron chi connectivity index (χ2n) is 4.16. The minimum Gasteiger partial charge on any atom is -0.465 e. The fourth-order valence-corrected chi connectivity index (χ4v) is 3.07. The molecular formula is C13H13NO3S. The van der Waals surface area contributed by atoms with Crippen molar-refractivity contribution in [3.8, 4) is 12.3 Å². The molecule has 1 aliphatic heterocycles. The summed E-state index contributed by atoms with van der Waals surface area (Å²) in [4.78, 5) is 25.2. The third kappa shape index (κ3) is 2.00. The fourth-order valence-electron chi connectivity index (χ4n) is 2.00. The molecule has 94 valence electrons. The van der Waals surface area contributed by atoms with E-state index in [4.69, 9.17) is 11.2 Å². The molecule has 0 radical (unpaired) electrons. The van der Waals surface area contributed by atoms with E-state index in [0.29, 0.717) is 23.5 Å². The van der Waals surface area contributed by atoms with Gasteiger partial charge in [0, 0.05) is 18.9 Å². The number of esters is 1. The zero-order valence-corrected chi connectivity index (χ0v) is 11.0. The molecule has 1 saturated heterocycles. The van der Waals surface area contributed by atoms with Gasteiger partial charge in [-0.3, -0.25) is 4.79 Å². The molecule has 0 bridgehead atoms. The molecule has 1 atom stereocenters. The lowest BCUT2D eigenvalue weighted by molar-refractivity contribution is -0.117. The van der Waals surface area contributed by atoms with E-state index in [9.17, 15) is 9.59 Å². The predicted molar refractivity (Wildman–Crippen MR) is 69.7 cm³/mol. The largest absolute Gasteiger partial charge is 0.465 e. The van der Waals surface area contributed by atoms with Crippen molar-refractivity contribution in [3.05, 3.63) is 16.5 Å². The molecule has 1 fully saturated rings. The number of rotatable bonds is 2. The van der Waals surface area contributed by atoms with Crippen LogP contribution in [0.2, 0.25) is 0 Å². The second kappa shape index (κ2) is 4.83. The van der Waals surface area contributed by atoms with Gasteiger partial charge >= 0.3 is 5.97 Å². The van der Waals surface area contributed by atoms with Crippen LogP contribution in [0.4, 0.5) is 5.00 Å². The van der Waals surface area contributed by atoms with Crippen molar-refractivity contribution >= 4 is 28.2 Å². The third-order valence-electron chi connectivity index (χ3n) is 2.95. The maximum absolute atomic E-state index is 11.9. The highest BCUT2D eigenvalue weighted by Crippen LogP contribution is 2.35. The number of amides is 1. The minimum atomic E-state index is -0.416. The van der Waals surface area contributed by atoms with Crippen LogP contribution in [0.25, 0.3) is 0 Å². The Morgan fingerprint density at radius 2 is 2.39 bits per heavy atom. The van der Waals surface area contributed by atoms with E-state index >= 15 is 0 Å². The molecular weight excluding hydrogens is 250 g/mol. The van der Waals surface area contributed by atoms with Gasteiger partial charge in [0.25, 0.3) is 0 Å². The van der Waals surface area contributed by atoms with Crippen molar-refractivity contribution in [2.24, 2.45) is 5.92 Å². The Labute approximate surface area is 110 Å². The van der Waals surface area contributed by atoms with Gasteiger partial charge in [-0.25, -0.2) is 4.79 Å². The van der Waals surface area contributed by atoms with E-state index in [2.05, 4.69) is 5.92 Å². The maximum atomic E-state index is 11.9. The Bertz CT molecular complexity index is 541. The summed E-state index contributed by atoms with van der Waals surface area (Å²) in [5.74, 6) is 2.06. The third-order valence-corrected chi connectivity index (χ3v) is 4.07. The lowest BCUT2D eigenvalue weighted by atomic mass is 10.1. The second-order valence-corrected chi connectivity index (χ2v) is 5.02. The Morgan fingerprint density at radius 3 is 2.94 bits per heavy atom. The predicted octanol–water partition coefficient (Wildman–Crippen LogP) is 1.83. The topological polar surface area (TPSA) is 46.6 Å². The van der Waals surface area contributed by atoms with Gasteiger partial charge in [-0.2, -0.15) is 0 Å². The molecule has 0 aliphatic carbocycles. The Hall–Kier alpha value is -1.80. The fraction of sp³-hybridized carbons (Fsp3) is 0.385. The standard InChI is InChI=1S/C13H13NO3S/c1-4-9-5-10(15)14(6-9)12-11(13(16)17-3)8(2)7-18-12/h1,7,9H,5-6H2,2-3H3. The summed E-state index contributed by atoms with van der Waals surface area (Å²) in [7, 11) is 1.33. The highest BCUT2D eigenvalue weighted by atomic mass is 32.1. The number of terminal acetylenes is 1. The summed E-state index contributed by atoms with van der Waals surface area (Å²) < 4.78 is 4.75. The molecule has 1 amide bonds. The van der Waals surface area contributed by atoms with Crippen molar-refractivity contribution in [1.82, 2.24) is 0 Å². The van der Waals surface area contributed by atoms with Crippen molar-refractivity contribution in [3.63, 3.8) is 0 Å². The molecule has 0 aromatic carbocycles. The van der Waals surface area contributed by atoms with E-state index in [1.54, 1.807) is 4.90 Å². The quantitative estimate of drug-likeness (QED) is 0.604. The number of nitrogens with zero attached hydrogens (tertiary/aromatic N) is 1. The van der Waals surface area contributed by atoms with Gasteiger partial charge in [-0.1, -0.05) is 0 Å². The van der Waals surface area contributed by atoms with Crippen LogP contribution < -0.4 is 4.90 Å². The molecule has 0 N–H and O–H groups in total. The summed E-state index contributed by atoms with van der Waals surface area (Å²) in [6, 6.07) is 0. The smallest absolute Gasteiger partial charge is 0.341 e. The van der Waals surface area contributed by atoms with Gasteiger partial charge in [-0.15, -0.1) is 23.7 Å². The molecule has 1 unspecified atom stereocenters. The highest BCUT2D eigenvalue weighted by molar-refractivity contribution is 7.15. The van der Waals surface area contributed by atoms with Crippen molar-refractivity contribution < 1.29 is 14.3 Å². The van der Waals surface area contributed by atoms with E-state index in [1.165, 1.54) is 18.4 Å². The SMILES string of the molecule is C#CC1CC(=O)N(c2scc(C)c2C(=O)OC)C1. The van der Waals surface area contributed by atoms with Crippen LogP contribution in [0.15, 0.2) is 5.38 Å². The summed E-state index contributed by atoms with van der Waals surface area (Å²) >= 11 is 1.37. The molecule has 2 rings (SSSR count). The van der Waals surface area contributed by atoms with E-state index in [1.807, 2.05) is 12.3 Å². The van der Waals surface area contributed by atoms with Gasteiger partial charge in [0.1, 0.15) is 5.00 Å². The maximum Gasteiger partial charge on any atom is 0.341 e. The average molecular weight is 263 g/mol. The number of anilines is 1. The molecule has 0 saturated carbocycles. The Morgan fingerprint density at radius 1 is 1.67 bits per heavy atom. The minimum absolute atomic E-state index is 0.0371. The van der Waals surface area contributed by atoms with Crippen molar-refractivity contribution in [2.75, 3.05) is 18.6 Å². The molecule has 4 nitrogen and oxygen atoms in total. The number of ether oxygens (including phenoxy) is 1. The van der Waals surface area contributed by atoms with Crippen LogP contribution in [-0.2, 0) is 9.53 Å². The number of hydrogen-bond donors (Lipinski definition) is 0. The number of carbonyl (C=O) groups excluding carboxylic acids is 2. The van der Waals surface area contributed by atoms with Gasteiger partial charge in [0.05, 0.1) is 12.7 Å². The van der Waals surface area contributed by atoms with Gasteiger partial charge in [-0.05, 0) is 17.9 Å². The van der Waals surface area contributed by atoms with Crippen LogP contribution in [0.3, 0.4) is 0 Å². The van der Waals surface area contributed by atoms with E-state index < -0.39 is 5.97 Å². The van der Waals surface area contributed by atoms with Crippen LogP contribution in [-0.4, -0.2) is 25.5 Å². The monoisotopic (exact) mass is 263 g/mol. The van der Waals surface area contributed by atoms with Crippen LogP contribution in [0.1, 0.15) is 22.3 Å². The highest BCUT2D eigenvalue weighted by Gasteiger charge is 2.33. The number of hydrogen-bond acceptors (Lipinski definition) is 4. The number of thiophene rings is 1. The molecule has 0 spiro atoms. The first-order valence-electron chi connectivity index (χ1n) is 5.51. The molecule has 1 aromatic heterocycles. The molecule has 5 heteroatoms. The van der Waals surface area contributed by atoms with E-state index in [-0.39, 0.29) is 11.8 Å². The zero-order valence-electron chi connectivity index (χ0n) is 10.2. The normalized spacial score (nSPS) is 18.8. The zero-order chi connectivity index (χ0) is 13.3. The molecule has 2 heterocycles. The first kappa shape index (κ1) is 12.7. The van der Waals surface area contributed by atoms with Gasteiger partial charge in [0.15, 0.2) is 0 Å². The summed E-state index contributed by atoms with van der Waals surface area (Å²) in [6.45, 7) is 2.30. The van der Waals surface area contributed by atoms with Gasteiger partial charge in [0.2, 0.25) is 5.91 Å². The molecule has 18 heavy (non-hydrogen) atoms. The molecule has 1 aromatic rings. The van der Waals surface area contributed by atoms with Crippen LogP contribution in [0, 0.1) is 25.2 Å². The van der Waals surface area contributed by atoms with Gasteiger partial charge < -0.3 is 9.64 Å². The van der Waals surface area contributed by atoms with Crippen LogP contribution in [0.5, 0.6) is 0 Å².